The zero-order valence-electron chi connectivity index (χ0n) is 17.7. The van der Waals surface area contributed by atoms with Crippen molar-refractivity contribution in [1.29, 1.82) is 0 Å². The fraction of sp³-hybridized carbons (Fsp3) is 0.261. The third kappa shape index (κ3) is 8.05. The van der Waals surface area contributed by atoms with Gasteiger partial charge in [0.2, 0.25) is 5.88 Å². The number of hydrogen-bond donors (Lipinski definition) is 2. The summed E-state index contributed by atoms with van der Waals surface area (Å²) in [7, 11) is 1.73. The quantitative estimate of drug-likeness (QED) is 0.239. The Labute approximate surface area is 200 Å². The van der Waals surface area contributed by atoms with E-state index in [1.807, 2.05) is 54.6 Å². The van der Waals surface area contributed by atoms with E-state index in [1.54, 1.807) is 19.4 Å². The highest BCUT2D eigenvalue weighted by Gasteiger charge is 2.08. The first kappa shape index (κ1) is 24.4. The largest absolute Gasteiger partial charge is 0.494 e. The molecule has 2 N–H and O–H groups in total. The topological polar surface area (TPSA) is 80.7 Å². The zero-order chi connectivity index (χ0) is 21.0. The number of halogens is 1. The first-order chi connectivity index (χ1) is 14.8. The van der Waals surface area contributed by atoms with Gasteiger partial charge >= 0.3 is 0 Å². The van der Waals surface area contributed by atoms with Gasteiger partial charge in [0.25, 0.3) is 0 Å². The van der Waals surface area contributed by atoms with Crippen molar-refractivity contribution in [2.45, 2.75) is 26.4 Å². The van der Waals surface area contributed by atoms with Crippen LogP contribution < -0.4 is 20.1 Å². The summed E-state index contributed by atoms with van der Waals surface area (Å²) in [6.07, 6.45) is 4.46. The molecule has 0 radical (unpaired) electrons. The second-order valence-electron chi connectivity index (χ2n) is 6.49. The normalized spacial score (nSPS) is 10.7. The Morgan fingerprint density at radius 2 is 1.65 bits per heavy atom. The van der Waals surface area contributed by atoms with Crippen LogP contribution in [0.1, 0.15) is 24.6 Å². The van der Waals surface area contributed by atoms with Crippen molar-refractivity contribution in [1.82, 2.24) is 20.6 Å². The van der Waals surface area contributed by atoms with Crippen molar-refractivity contribution in [2.24, 2.45) is 4.99 Å². The van der Waals surface area contributed by atoms with Crippen LogP contribution in [0.2, 0.25) is 0 Å². The fourth-order valence-electron chi connectivity index (χ4n) is 2.66. The molecule has 1 aromatic carbocycles. The summed E-state index contributed by atoms with van der Waals surface area (Å²) in [5.41, 5.74) is 1.86. The third-order valence-corrected chi connectivity index (χ3v) is 4.19. The molecule has 0 saturated carbocycles. The summed E-state index contributed by atoms with van der Waals surface area (Å²) in [6, 6.07) is 17.2. The van der Waals surface area contributed by atoms with Crippen LogP contribution >= 0.6 is 24.0 Å². The van der Waals surface area contributed by atoms with Gasteiger partial charge in [-0.1, -0.05) is 19.1 Å². The second kappa shape index (κ2) is 13.4. The molecule has 164 valence electrons. The van der Waals surface area contributed by atoms with Crippen molar-refractivity contribution in [3.05, 3.63) is 78.2 Å². The second-order valence-corrected chi connectivity index (χ2v) is 6.49. The van der Waals surface area contributed by atoms with Gasteiger partial charge in [0, 0.05) is 31.5 Å². The molecular formula is C23H28IN5O2. The predicted molar refractivity (Wildman–Crippen MR) is 133 cm³/mol. The smallest absolute Gasteiger partial charge is 0.224 e. The van der Waals surface area contributed by atoms with E-state index in [2.05, 4.69) is 32.5 Å². The Morgan fingerprint density at radius 1 is 0.903 bits per heavy atom. The molecule has 3 rings (SSSR count). The molecule has 31 heavy (non-hydrogen) atoms. The van der Waals surface area contributed by atoms with Gasteiger partial charge in [-0.05, 0) is 48.9 Å². The van der Waals surface area contributed by atoms with Gasteiger partial charge in [-0.15, -0.1) is 24.0 Å². The molecule has 0 aliphatic rings. The van der Waals surface area contributed by atoms with E-state index in [1.165, 1.54) is 0 Å². The van der Waals surface area contributed by atoms with Gasteiger partial charge in [-0.2, -0.15) is 0 Å². The van der Waals surface area contributed by atoms with Gasteiger partial charge in [-0.25, -0.2) is 4.98 Å². The Balaban J connectivity index is 0.00000341. The zero-order valence-corrected chi connectivity index (χ0v) is 20.1. The number of hydrogen-bond acceptors (Lipinski definition) is 5. The maximum atomic E-state index is 5.99. The molecule has 8 heteroatoms. The van der Waals surface area contributed by atoms with Gasteiger partial charge < -0.3 is 20.1 Å². The molecule has 0 aliphatic heterocycles. The summed E-state index contributed by atoms with van der Waals surface area (Å²) >= 11 is 0. The summed E-state index contributed by atoms with van der Waals surface area (Å²) < 4.78 is 11.6. The van der Waals surface area contributed by atoms with Crippen LogP contribution in [0.25, 0.3) is 0 Å². The maximum absolute atomic E-state index is 5.99. The minimum atomic E-state index is 0. The van der Waals surface area contributed by atoms with Crippen LogP contribution in [0.5, 0.6) is 17.4 Å². The number of guanidine groups is 1. The number of nitrogens with zero attached hydrogens (tertiary/aromatic N) is 3. The highest BCUT2D eigenvalue weighted by atomic mass is 127. The van der Waals surface area contributed by atoms with Crippen molar-refractivity contribution in [2.75, 3.05) is 13.7 Å². The molecule has 7 nitrogen and oxygen atoms in total. The summed E-state index contributed by atoms with van der Waals surface area (Å²) in [6.45, 7) is 3.88. The van der Waals surface area contributed by atoms with Crippen LogP contribution in [-0.4, -0.2) is 29.6 Å². The van der Waals surface area contributed by atoms with Crippen LogP contribution in [-0.2, 0) is 13.1 Å². The highest BCUT2D eigenvalue weighted by Crippen LogP contribution is 2.25. The first-order valence-electron chi connectivity index (χ1n) is 9.97. The van der Waals surface area contributed by atoms with Gasteiger partial charge in [0.1, 0.15) is 11.5 Å². The average Bonchev–Trinajstić information content (AvgIpc) is 2.80. The van der Waals surface area contributed by atoms with E-state index in [0.717, 1.165) is 23.4 Å². The summed E-state index contributed by atoms with van der Waals surface area (Å²) in [5.74, 6) is 2.76. The van der Waals surface area contributed by atoms with Crippen LogP contribution in [0.4, 0.5) is 0 Å². The molecule has 0 amide bonds. The maximum Gasteiger partial charge on any atom is 0.224 e. The number of rotatable bonds is 9. The minimum absolute atomic E-state index is 0. The van der Waals surface area contributed by atoms with Crippen molar-refractivity contribution in [3.63, 3.8) is 0 Å². The number of ether oxygens (including phenoxy) is 2. The Morgan fingerprint density at radius 3 is 2.35 bits per heavy atom. The molecule has 0 spiro atoms. The lowest BCUT2D eigenvalue weighted by Gasteiger charge is -2.14. The van der Waals surface area contributed by atoms with E-state index in [9.17, 15) is 0 Å². The molecule has 3 aromatic rings. The molecular weight excluding hydrogens is 505 g/mol. The molecule has 0 atom stereocenters. The number of aromatic nitrogens is 2. The molecule has 0 bridgehead atoms. The van der Waals surface area contributed by atoms with Crippen molar-refractivity contribution < 1.29 is 9.47 Å². The Bertz CT molecular complexity index is 936. The average molecular weight is 533 g/mol. The van der Waals surface area contributed by atoms with E-state index in [4.69, 9.17) is 9.47 Å². The number of pyridine rings is 2. The van der Waals surface area contributed by atoms with Gasteiger partial charge in [0.05, 0.1) is 18.8 Å². The number of aliphatic imine (C=N–C) groups is 1. The Kier molecular flexibility index (Phi) is 10.6. The Hall–Kier alpha value is -2.88. The lowest BCUT2D eigenvalue weighted by Crippen LogP contribution is -2.36. The molecule has 0 fully saturated rings. The number of benzene rings is 1. The monoisotopic (exact) mass is 533 g/mol. The van der Waals surface area contributed by atoms with E-state index >= 15 is 0 Å². The van der Waals surface area contributed by atoms with Crippen molar-refractivity contribution in [3.8, 4) is 17.4 Å². The van der Waals surface area contributed by atoms with E-state index in [0.29, 0.717) is 37.3 Å². The lowest BCUT2D eigenvalue weighted by molar-refractivity contribution is 0.317. The third-order valence-electron chi connectivity index (χ3n) is 4.19. The van der Waals surface area contributed by atoms with E-state index in [-0.39, 0.29) is 24.0 Å². The van der Waals surface area contributed by atoms with Gasteiger partial charge in [-0.3, -0.25) is 9.98 Å². The van der Waals surface area contributed by atoms with E-state index < -0.39 is 0 Å². The minimum Gasteiger partial charge on any atom is -0.494 e. The molecule has 2 aromatic heterocycles. The molecule has 0 aliphatic carbocycles. The molecule has 0 unspecified atom stereocenters. The summed E-state index contributed by atoms with van der Waals surface area (Å²) in [5, 5.41) is 6.53. The first-order valence-corrected chi connectivity index (χ1v) is 9.97. The van der Waals surface area contributed by atoms with Crippen LogP contribution in [0.15, 0.2) is 72.0 Å². The summed E-state index contributed by atoms with van der Waals surface area (Å²) in [4.78, 5) is 12.9. The van der Waals surface area contributed by atoms with Crippen LogP contribution in [0.3, 0.4) is 0 Å². The molecule has 2 heterocycles. The highest BCUT2D eigenvalue weighted by molar-refractivity contribution is 14.0. The standard InChI is InChI=1S/C23H27N5O2.HI/c1-3-15-29-20-9-11-21(12-10-20)30-22-18(7-6-14-26-22)16-27-23(24-2)28-17-19-8-4-5-13-25-19;/h4-14H,3,15-17H2,1-2H3,(H2,24,27,28);1H. The van der Waals surface area contributed by atoms with Crippen LogP contribution in [0, 0.1) is 0 Å². The molecule has 0 saturated heterocycles. The lowest BCUT2D eigenvalue weighted by atomic mass is 10.2. The SMILES string of the molecule is CCCOc1ccc(Oc2ncccc2CNC(=NC)NCc2ccccn2)cc1.I. The fourth-order valence-corrected chi connectivity index (χ4v) is 2.66. The predicted octanol–water partition coefficient (Wildman–Crippen LogP) is 4.54. The van der Waals surface area contributed by atoms with Gasteiger partial charge in [0.15, 0.2) is 5.96 Å². The van der Waals surface area contributed by atoms with Crippen molar-refractivity contribution >= 4 is 29.9 Å². The number of nitrogens with one attached hydrogen (secondary N) is 2.